The van der Waals surface area contributed by atoms with Crippen LogP contribution in [0.15, 0.2) is 42.5 Å². The molecule has 0 N–H and O–H groups in total. The van der Waals surface area contributed by atoms with Gasteiger partial charge in [0.05, 0.1) is 19.9 Å². The zero-order valence-corrected chi connectivity index (χ0v) is 12.0. The van der Waals surface area contributed by atoms with Gasteiger partial charge in [0.15, 0.2) is 0 Å². The summed E-state index contributed by atoms with van der Waals surface area (Å²) in [4.78, 5) is 0. The minimum absolute atomic E-state index is 0.621. The Morgan fingerprint density at radius 2 is 1.35 bits per heavy atom. The summed E-state index contributed by atoms with van der Waals surface area (Å²) >= 11 is 0. The molecule has 0 radical (unpaired) electrons. The first kappa shape index (κ1) is 12.3. The highest BCUT2D eigenvalue weighted by molar-refractivity contribution is 7.72. The lowest BCUT2D eigenvalue weighted by Gasteiger charge is -2.12. The van der Waals surface area contributed by atoms with Crippen molar-refractivity contribution in [1.82, 2.24) is 0 Å². The standard InChI is InChI=1S/C16H19P/c1-12-10-13(2)16(14(3)11-12)17(4)15-8-6-5-7-9-15/h5-11H,1-4H3/p+1. The van der Waals surface area contributed by atoms with Crippen molar-refractivity contribution >= 4 is 18.5 Å². The normalized spacial score (nSPS) is 12.5. The van der Waals surface area contributed by atoms with Gasteiger partial charge < -0.3 is 0 Å². The molecule has 0 amide bonds. The Labute approximate surface area is 105 Å². The van der Waals surface area contributed by atoms with Crippen LogP contribution in [0.4, 0.5) is 0 Å². The van der Waals surface area contributed by atoms with Crippen LogP contribution in [0, 0.1) is 20.8 Å². The van der Waals surface area contributed by atoms with Crippen LogP contribution < -0.4 is 10.6 Å². The predicted octanol–water partition coefficient (Wildman–Crippen LogP) is 3.41. The molecule has 0 aliphatic heterocycles. The van der Waals surface area contributed by atoms with Gasteiger partial charge in [-0.2, -0.15) is 0 Å². The summed E-state index contributed by atoms with van der Waals surface area (Å²) < 4.78 is 0. The average Bonchev–Trinajstić information content (AvgIpc) is 2.28. The quantitative estimate of drug-likeness (QED) is 0.709. The molecule has 1 unspecified atom stereocenters. The van der Waals surface area contributed by atoms with E-state index in [0.717, 1.165) is 0 Å². The van der Waals surface area contributed by atoms with Crippen LogP contribution in [0.25, 0.3) is 0 Å². The van der Waals surface area contributed by atoms with E-state index in [2.05, 4.69) is 69.9 Å². The summed E-state index contributed by atoms with van der Waals surface area (Å²) in [6, 6.07) is 15.5. The molecule has 0 nitrogen and oxygen atoms in total. The molecular formula is C16H20P+. The summed E-state index contributed by atoms with van der Waals surface area (Å²) in [6.07, 6.45) is 0. The number of hydrogen-bond acceptors (Lipinski definition) is 0. The van der Waals surface area contributed by atoms with Crippen LogP contribution in [0.3, 0.4) is 0 Å². The van der Waals surface area contributed by atoms with E-state index in [0.29, 0.717) is 0 Å². The molecule has 0 heterocycles. The van der Waals surface area contributed by atoms with E-state index >= 15 is 0 Å². The van der Waals surface area contributed by atoms with Gasteiger partial charge >= 0.3 is 0 Å². The fourth-order valence-electron chi connectivity index (χ4n) is 2.60. The third-order valence-electron chi connectivity index (χ3n) is 3.26. The van der Waals surface area contributed by atoms with Crippen molar-refractivity contribution in [1.29, 1.82) is 0 Å². The second-order valence-electron chi connectivity index (χ2n) is 4.76. The Morgan fingerprint density at radius 3 is 1.88 bits per heavy atom. The number of rotatable bonds is 2. The smallest absolute Gasteiger partial charge is 0.0620 e. The molecule has 0 bridgehead atoms. The molecule has 2 rings (SSSR count). The molecule has 2 aromatic carbocycles. The first-order valence-electron chi connectivity index (χ1n) is 6.07. The van der Waals surface area contributed by atoms with Gasteiger partial charge in [-0.05, 0) is 44.0 Å². The van der Waals surface area contributed by atoms with Crippen molar-refractivity contribution in [2.45, 2.75) is 20.8 Å². The van der Waals surface area contributed by atoms with E-state index in [1.807, 2.05) is 0 Å². The van der Waals surface area contributed by atoms with Crippen LogP contribution in [-0.2, 0) is 0 Å². The highest BCUT2D eigenvalue weighted by Gasteiger charge is 2.20. The molecule has 1 heteroatoms. The molecule has 0 aromatic heterocycles. The van der Waals surface area contributed by atoms with Gasteiger partial charge in [0.25, 0.3) is 0 Å². The molecule has 88 valence electrons. The van der Waals surface area contributed by atoms with Crippen molar-refractivity contribution in [2.75, 3.05) is 6.66 Å². The Bertz CT molecular complexity index is 491. The van der Waals surface area contributed by atoms with Gasteiger partial charge in [-0.3, -0.25) is 0 Å². The fraction of sp³-hybridized carbons (Fsp3) is 0.250. The summed E-state index contributed by atoms with van der Waals surface area (Å²) in [5.41, 5.74) is 4.26. The zero-order valence-electron chi connectivity index (χ0n) is 11.0. The van der Waals surface area contributed by atoms with Crippen LogP contribution in [0.5, 0.6) is 0 Å². The molecule has 0 fully saturated rings. The molecule has 0 aliphatic carbocycles. The maximum atomic E-state index is 2.39. The lowest BCUT2D eigenvalue weighted by molar-refractivity contribution is 1.35. The highest BCUT2D eigenvalue weighted by Crippen LogP contribution is 2.31. The monoisotopic (exact) mass is 243 g/mol. The van der Waals surface area contributed by atoms with Crippen molar-refractivity contribution in [3.05, 3.63) is 59.2 Å². The van der Waals surface area contributed by atoms with Crippen LogP contribution in [0.2, 0.25) is 0 Å². The lowest BCUT2D eigenvalue weighted by Crippen LogP contribution is -2.16. The van der Waals surface area contributed by atoms with E-state index in [1.165, 1.54) is 22.0 Å². The van der Waals surface area contributed by atoms with Crippen LogP contribution in [0.1, 0.15) is 16.7 Å². The maximum absolute atomic E-state index is 2.39. The van der Waals surface area contributed by atoms with E-state index in [1.54, 1.807) is 5.30 Å². The lowest BCUT2D eigenvalue weighted by atomic mass is 10.1. The van der Waals surface area contributed by atoms with Crippen LogP contribution >= 0.6 is 7.92 Å². The van der Waals surface area contributed by atoms with Gasteiger partial charge in [-0.25, -0.2) is 0 Å². The van der Waals surface area contributed by atoms with Crippen LogP contribution in [-0.4, -0.2) is 6.66 Å². The van der Waals surface area contributed by atoms with Gasteiger partial charge in [0.2, 0.25) is 0 Å². The second kappa shape index (κ2) is 5.02. The molecule has 0 aliphatic rings. The van der Waals surface area contributed by atoms with Gasteiger partial charge in [0, 0.05) is 0 Å². The van der Waals surface area contributed by atoms with Gasteiger partial charge in [-0.1, -0.05) is 35.9 Å². The molecule has 17 heavy (non-hydrogen) atoms. The number of aryl methyl sites for hydroxylation is 3. The molecule has 1 atom stereocenters. The Balaban J connectivity index is 2.48. The topological polar surface area (TPSA) is 0 Å². The predicted molar refractivity (Wildman–Crippen MR) is 80.6 cm³/mol. The van der Waals surface area contributed by atoms with E-state index < -0.39 is 7.92 Å². The minimum Gasteiger partial charge on any atom is -0.0620 e. The van der Waals surface area contributed by atoms with Crippen molar-refractivity contribution in [3.63, 3.8) is 0 Å². The zero-order chi connectivity index (χ0) is 12.4. The third-order valence-corrected chi connectivity index (χ3v) is 6.00. The van der Waals surface area contributed by atoms with E-state index in [9.17, 15) is 0 Å². The van der Waals surface area contributed by atoms with Crippen molar-refractivity contribution < 1.29 is 0 Å². The first-order valence-corrected chi connectivity index (χ1v) is 8.07. The Hall–Kier alpha value is -1.13. The average molecular weight is 243 g/mol. The Kier molecular flexibility index (Phi) is 3.64. The van der Waals surface area contributed by atoms with Crippen molar-refractivity contribution in [3.8, 4) is 0 Å². The molecular weight excluding hydrogens is 223 g/mol. The summed E-state index contributed by atoms with van der Waals surface area (Å²) in [5.74, 6) is 0. The molecule has 0 saturated heterocycles. The molecule has 0 spiro atoms. The summed E-state index contributed by atoms with van der Waals surface area (Å²) in [6.45, 7) is 9.05. The minimum atomic E-state index is -0.621. The number of benzene rings is 2. The third kappa shape index (κ3) is 2.58. The summed E-state index contributed by atoms with van der Waals surface area (Å²) in [5, 5.41) is 3.07. The first-order chi connectivity index (χ1) is 8.09. The van der Waals surface area contributed by atoms with E-state index in [4.69, 9.17) is 0 Å². The molecule has 0 saturated carbocycles. The van der Waals surface area contributed by atoms with Gasteiger partial charge in [0.1, 0.15) is 5.30 Å². The van der Waals surface area contributed by atoms with E-state index in [-0.39, 0.29) is 0 Å². The molecule has 2 aromatic rings. The fourth-order valence-corrected chi connectivity index (χ4v) is 4.91. The van der Waals surface area contributed by atoms with Gasteiger partial charge in [-0.15, -0.1) is 0 Å². The second-order valence-corrected chi connectivity index (χ2v) is 7.09. The SMILES string of the molecule is Cc1cc(C)c([PH+](C)c2ccccc2)c(C)c1. The highest BCUT2D eigenvalue weighted by atomic mass is 31.1. The maximum Gasteiger partial charge on any atom is 0.102 e. The largest absolute Gasteiger partial charge is 0.102 e. The van der Waals surface area contributed by atoms with Crippen molar-refractivity contribution in [2.24, 2.45) is 0 Å². The Morgan fingerprint density at radius 1 is 0.824 bits per heavy atom. The number of hydrogen-bond donors (Lipinski definition) is 0. The summed E-state index contributed by atoms with van der Waals surface area (Å²) in [7, 11) is -0.621.